The van der Waals surface area contributed by atoms with Crippen LogP contribution in [0.1, 0.15) is 78.7 Å². The van der Waals surface area contributed by atoms with Crippen LogP contribution in [0.15, 0.2) is 65.3 Å². The van der Waals surface area contributed by atoms with Crippen LogP contribution in [0.5, 0.6) is 5.75 Å². The Hall–Kier alpha value is -6.29. The zero-order valence-electron chi connectivity index (χ0n) is 37.5. The molecule has 22 heteroatoms. The Morgan fingerprint density at radius 1 is 1.00 bits per heavy atom. The Bertz CT molecular complexity index is 2500. The van der Waals surface area contributed by atoms with E-state index in [0.717, 1.165) is 17.0 Å². The van der Waals surface area contributed by atoms with Crippen molar-refractivity contribution in [2.45, 2.75) is 103 Å². The number of carbonyl (C=O) groups is 5. The third-order valence-corrected chi connectivity index (χ3v) is 12.2. The summed E-state index contributed by atoms with van der Waals surface area (Å²) < 4.78 is 30.2. The summed E-state index contributed by atoms with van der Waals surface area (Å²) in [6.07, 6.45) is 4.02. The number of thioether (sulfide) groups is 1. The molecule has 0 bridgehead atoms. The number of ether oxygens (including phenoxy) is 4. The van der Waals surface area contributed by atoms with E-state index in [1.165, 1.54) is 16.7 Å². The predicted octanol–water partition coefficient (Wildman–Crippen LogP) is 4.94. The van der Waals surface area contributed by atoms with Crippen molar-refractivity contribution in [2.24, 2.45) is 5.16 Å². The Labute approximate surface area is 383 Å². The third-order valence-electron chi connectivity index (χ3n) is 10.3. The highest BCUT2D eigenvalue weighted by molar-refractivity contribution is 8.00. The molecule has 20 nitrogen and oxygen atoms in total. The van der Waals surface area contributed by atoms with Gasteiger partial charge < -0.3 is 38.6 Å². The van der Waals surface area contributed by atoms with E-state index < -0.39 is 46.5 Å². The second-order valence-corrected chi connectivity index (χ2v) is 19.2. The van der Waals surface area contributed by atoms with E-state index >= 15 is 0 Å². The Balaban J connectivity index is 1.11. The molecular weight excluding hydrogens is 881 g/mol. The average molecular weight is 934 g/mol. The molecule has 2 atom stereocenters. The van der Waals surface area contributed by atoms with Gasteiger partial charge in [-0.3, -0.25) is 19.8 Å². The van der Waals surface area contributed by atoms with Gasteiger partial charge in [-0.05, 0) is 96.1 Å². The number of likely N-dealkylation sites (tertiary alicyclic amines) is 1. The first-order valence-electron chi connectivity index (χ1n) is 21.1. The monoisotopic (exact) mass is 933 g/mol. The average Bonchev–Trinajstić information content (AvgIpc) is 3.91. The molecule has 346 valence electrons. The van der Waals surface area contributed by atoms with E-state index in [9.17, 15) is 24.0 Å². The fraction of sp³-hybridized carbons (Fsp3) is 0.488. The number of methoxy groups -OCH3 is 1. The number of β-lactam (4-membered cyclic amide) rings is 1. The minimum atomic E-state index is -1.06. The van der Waals surface area contributed by atoms with Gasteiger partial charge in [-0.25, -0.2) is 19.0 Å². The van der Waals surface area contributed by atoms with Crippen molar-refractivity contribution in [2.75, 3.05) is 37.9 Å². The minimum absolute atomic E-state index is 0.0522. The second kappa shape index (κ2) is 19.4. The van der Waals surface area contributed by atoms with Crippen LogP contribution in [0, 0.1) is 0 Å². The fourth-order valence-electron chi connectivity index (χ4n) is 7.34. The normalized spacial score (nSPS) is 18.2. The van der Waals surface area contributed by atoms with Crippen molar-refractivity contribution in [3.63, 3.8) is 0 Å². The molecule has 7 rings (SSSR count). The first-order chi connectivity index (χ1) is 30.9. The van der Waals surface area contributed by atoms with Gasteiger partial charge in [-0.15, -0.1) is 11.8 Å². The summed E-state index contributed by atoms with van der Waals surface area (Å²) in [5.74, 6) is -1.22. The zero-order valence-corrected chi connectivity index (χ0v) is 39.1. The number of fused-ring (bicyclic) bond motifs is 2. The minimum Gasteiger partial charge on any atom is -0.497 e. The number of aromatic nitrogens is 5. The van der Waals surface area contributed by atoms with Gasteiger partial charge in [0.25, 0.3) is 11.8 Å². The lowest BCUT2D eigenvalue weighted by Gasteiger charge is -2.49. The quantitative estimate of drug-likeness (QED) is 0.0453. The summed E-state index contributed by atoms with van der Waals surface area (Å²) >= 11 is 2.18. The number of esters is 1. The fourth-order valence-corrected chi connectivity index (χ4v) is 9.24. The number of hydrogen-bond acceptors (Lipinski definition) is 16. The highest BCUT2D eigenvalue weighted by Gasteiger charge is 2.55. The summed E-state index contributed by atoms with van der Waals surface area (Å²) in [6, 6.07) is 10.0. The van der Waals surface area contributed by atoms with Crippen molar-refractivity contribution in [1.29, 1.82) is 0 Å². The number of amides is 4. The molecule has 1 aromatic carbocycles. The van der Waals surface area contributed by atoms with Crippen LogP contribution in [0.4, 0.5) is 14.7 Å². The molecule has 2 unspecified atom stereocenters. The zero-order chi connectivity index (χ0) is 46.6. The molecule has 2 N–H and O–H groups in total. The Kier molecular flexibility index (Phi) is 14.0. The maximum atomic E-state index is 14.2. The first kappa shape index (κ1) is 46.7. The van der Waals surface area contributed by atoms with Crippen LogP contribution in [0.2, 0.25) is 0 Å². The maximum Gasteiger partial charge on any atom is 0.414 e. The number of oxime groups is 1. The topological polar surface area (TPSA) is 222 Å². The summed E-state index contributed by atoms with van der Waals surface area (Å²) in [5, 5.41) is 8.55. The van der Waals surface area contributed by atoms with E-state index in [1.807, 2.05) is 43.7 Å². The molecule has 0 aliphatic carbocycles. The highest BCUT2D eigenvalue weighted by atomic mass is 32.2. The molecule has 65 heavy (non-hydrogen) atoms. The molecule has 2 fully saturated rings. The Morgan fingerprint density at radius 3 is 2.40 bits per heavy atom. The van der Waals surface area contributed by atoms with Crippen LogP contribution in [0.3, 0.4) is 0 Å². The van der Waals surface area contributed by atoms with E-state index in [1.54, 1.807) is 70.3 Å². The second-order valence-electron chi connectivity index (χ2n) is 17.3. The number of nitrogens with one attached hydrogen (secondary N) is 2. The molecule has 3 aliphatic heterocycles. The van der Waals surface area contributed by atoms with E-state index in [-0.39, 0.29) is 54.3 Å². The highest BCUT2D eigenvalue weighted by Crippen LogP contribution is 2.41. The lowest BCUT2D eigenvalue weighted by Crippen LogP contribution is -2.71. The third kappa shape index (κ3) is 11.0. The molecule has 6 heterocycles. The van der Waals surface area contributed by atoms with Crippen molar-refractivity contribution in [3.8, 4) is 5.75 Å². The lowest BCUT2D eigenvalue weighted by molar-refractivity contribution is -0.664. The van der Waals surface area contributed by atoms with Gasteiger partial charge in [0.05, 0.1) is 13.3 Å². The van der Waals surface area contributed by atoms with Crippen LogP contribution in [-0.4, -0.2) is 120 Å². The number of rotatable bonds is 13. The molecule has 0 spiro atoms. The van der Waals surface area contributed by atoms with Gasteiger partial charge in [0.2, 0.25) is 23.0 Å². The van der Waals surface area contributed by atoms with Crippen molar-refractivity contribution in [3.05, 3.63) is 71.6 Å². The van der Waals surface area contributed by atoms with Crippen LogP contribution in [-0.2, 0) is 46.6 Å². The van der Waals surface area contributed by atoms with Crippen molar-refractivity contribution < 1.29 is 52.3 Å². The van der Waals surface area contributed by atoms with Crippen molar-refractivity contribution in [1.82, 2.24) is 34.0 Å². The summed E-state index contributed by atoms with van der Waals surface area (Å²) in [7, 11) is 1.56. The van der Waals surface area contributed by atoms with E-state index in [4.69, 9.17) is 28.8 Å². The number of hydrogen-bond donors (Lipinski definition) is 2. The largest absolute Gasteiger partial charge is 0.497 e. The summed E-state index contributed by atoms with van der Waals surface area (Å²) in [4.78, 5) is 84.6. The molecule has 4 aromatic rings. The maximum absolute atomic E-state index is 14.2. The number of benzene rings is 1. The number of carbonyl (C=O) groups excluding carboxylic acids is 5. The van der Waals surface area contributed by atoms with Crippen LogP contribution < -0.4 is 19.9 Å². The van der Waals surface area contributed by atoms with Gasteiger partial charge in [0, 0.05) is 42.0 Å². The molecule has 4 amide bonds. The number of imidazole rings is 1. The Morgan fingerprint density at radius 2 is 1.72 bits per heavy atom. The first-order valence-corrected chi connectivity index (χ1v) is 22.9. The number of anilines is 1. The molecule has 0 radical (unpaired) electrons. The van der Waals surface area contributed by atoms with Crippen LogP contribution in [0.25, 0.3) is 11.2 Å². The number of pyridine rings is 1. The van der Waals surface area contributed by atoms with E-state index in [2.05, 4.69) is 29.7 Å². The molecule has 3 aromatic heterocycles. The van der Waals surface area contributed by atoms with Gasteiger partial charge in [-0.2, -0.15) is 9.36 Å². The van der Waals surface area contributed by atoms with Gasteiger partial charge in [0.15, 0.2) is 0 Å². The summed E-state index contributed by atoms with van der Waals surface area (Å²) in [6.45, 7) is 13.7. The predicted molar refractivity (Wildman–Crippen MR) is 239 cm³/mol. The lowest BCUT2D eigenvalue weighted by atomic mass is 10.0. The van der Waals surface area contributed by atoms with Crippen LogP contribution >= 0.6 is 23.3 Å². The van der Waals surface area contributed by atoms with E-state index in [0.29, 0.717) is 54.2 Å². The standard InChI is InChI=1S/C43H52N10O10S2/c1-9-61-48-30(33-46-39(65-49-33)47-40(57)62-42(2,3)4)35(54)45-31-36(55)53-32(38(56)60-22-25-12-14-28(59-8)15-13-25)26(23-64-37(31)53)21-51-18-10-11-29-34(51)44-24-52(29)27-16-19-50(20-17-27)41(58)63-43(5,6)7/h10-15,18,24,27,31,37H,9,16-17,19-23H2,1-8H3,(H-,45,46,47,49,54,57)/p+1. The van der Waals surface area contributed by atoms with Gasteiger partial charge >= 0.3 is 23.8 Å². The van der Waals surface area contributed by atoms with Gasteiger partial charge in [-0.1, -0.05) is 17.3 Å². The molecule has 0 saturated carbocycles. The number of piperidine rings is 1. The smallest absolute Gasteiger partial charge is 0.414 e. The molecular formula is C43H53N10O10S2+. The number of nitrogens with zero attached hydrogens (tertiary/aromatic N) is 8. The SMILES string of the molecule is CCON=C(C(=O)NC1C(=O)N2C(C(=O)OCc3ccc(OC)cc3)=C(C[n+]3cccc4c3ncn4C3CCN(C(=O)OC(C)(C)C)CC3)CSC12)c1nsc(NC(=O)OC(C)(C)C)n1. The molecule has 2 saturated heterocycles. The summed E-state index contributed by atoms with van der Waals surface area (Å²) in [5.41, 5.74) is 1.31. The van der Waals surface area contributed by atoms with Crippen molar-refractivity contribution >= 4 is 75.3 Å². The van der Waals surface area contributed by atoms with Gasteiger partial charge in [0.1, 0.15) is 59.3 Å². The molecule has 3 aliphatic rings.